The number of benzene rings is 1. The van der Waals surface area contributed by atoms with E-state index in [9.17, 15) is 5.11 Å². The standard InChI is InChI=1S/C21H30N2O/c1-21(2,3)20-14-17(16-6-4-5-7-18(16)23-20)19(24)9-8-15-10-12-22-13-11-15/h4-7,14-15,19,22,24H,8-13H2,1-3H3. The molecule has 1 aliphatic heterocycles. The molecule has 0 spiro atoms. The predicted octanol–water partition coefficient (Wildman–Crippen LogP) is 4.35. The van der Waals surface area contributed by atoms with Gasteiger partial charge < -0.3 is 10.4 Å². The molecule has 1 atom stereocenters. The van der Waals surface area contributed by atoms with Crippen LogP contribution in [0.2, 0.25) is 0 Å². The van der Waals surface area contributed by atoms with Gasteiger partial charge in [0, 0.05) is 16.5 Å². The van der Waals surface area contributed by atoms with Crippen molar-refractivity contribution in [3.05, 3.63) is 41.6 Å². The zero-order valence-electron chi connectivity index (χ0n) is 15.2. The molecule has 130 valence electrons. The molecule has 3 rings (SSSR count). The van der Waals surface area contributed by atoms with Crippen molar-refractivity contribution < 1.29 is 5.11 Å². The van der Waals surface area contributed by atoms with E-state index in [2.05, 4.69) is 38.2 Å². The van der Waals surface area contributed by atoms with Crippen LogP contribution in [0.25, 0.3) is 10.9 Å². The summed E-state index contributed by atoms with van der Waals surface area (Å²) in [7, 11) is 0. The molecule has 0 aliphatic carbocycles. The third-order valence-corrected chi connectivity index (χ3v) is 5.18. The average molecular weight is 326 g/mol. The Morgan fingerprint density at radius 1 is 1.21 bits per heavy atom. The lowest BCUT2D eigenvalue weighted by molar-refractivity contribution is 0.153. The van der Waals surface area contributed by atoms with Gasteiger partial charge in [0.25, 0.3) is 0 Å². The Morgan fingerprint density at radius 3 is 2.62 bits per heavy atom. The van der Waals surface area contributed by atoms with E-state index in [1.165, 1.54) is 12.8 Å². The summed E-state index contributed by atoms with van der Waals surface area (Å²) in [5.41, 5.74) is 3.06. The van der Waals surface area contributed by atoms with Gasteiger partial charge >= 0.3 is 0 Å². The SMILES string of the molecule is CC(C)(C)c1cc(C(O)CCC2CCNCC2)c2ccccc2n1. The lowest BCUT2D eigenvalue weighted by Gasteiger charge is -2.25. The van der Waals surface area contributed by atoms with Crippen LogP contribution in [0.1, 0.15) is 63.8 Å². The normalized spacial score (nSPS) is 18.0. The summed E-state index contributed by atoms with van der Waals surface area (Å²) in [6.45, 7) is 8.76. The number of hydrogen-bond donors (Lipinski definition) is 2. The minimum Gasteiger partial charge on any atom is -0.388 e. The number of rotatable bonds is 4. The third kappa shape index (κ3) is 3.96. The molecule has 1 unspecified atom stereocenters. The van der Waals surface area contributed by atoms with Crippen LogP contribution < -0.4 is 5.32 Å². The van der Waals surface area contributed by atoms with Gasteiger partial charge in [-0.15, -0.1) is 0 Å². The Balaban J connectivity index is 1.85. The smallest absolute Gasteiger partial charge is 0.0797 e. The van der Waals surface area contributed by atoms with Gasteiger partial charge in [-0.2, -0.15) is 0 Å². The van der Waals surface area contributed by atoms with Crippen LogP contribution in [0.3, 0.4) is 0 Å². The highest BCUT2D eigenvalue weighted by molar-refractivity contribution is 5.82. The number of pyridine rings is 1. The number of piperidine rings is 1. The van der Waals surface area contributed by atoms with E-state index in [1.807, 2.05) is 18.2 Å². The average Bonchev–Trinajstić information content (AvgIpc) is 2.59. The van der Waals surface area contributed by atoms with E-state index >= 15 is 0 Å². The molecule has 1 aromatic carbocycles. The van der Waals surface area contributed by atoms with Gasteiger partial charge in [0.2, 0.25) is 0 Å². The molecule has 3 heteroatoms. The van der Waals surface area contributed by atoms with Crippen molar-refractivity contribution in [2.24, 2.45) is 5.92 Å². The molecule has 2 aromatic rings. The summed E-state index contributed by atoms with van der Waals surface area (Å²) < 4.78 is 0. The minimum absolute atomic E-state index is 0.0203. The van der Waals surface area contributed by atoms with Crippen LogP contribution in [0.15, 0.2) is 30.3 Å². The first-order valence-electron chi connectivity index (χ1n) is 9.24. The number of para-hydroxylation sites is 1. The number of hydrogen-bond acceptors (Lipinski definition) is 3. The predicted molar refractivity (Wildman–Crippen MR) is 100 cm³/mol. The van der Waals surface area contributed by atoms with Gasteiger partial charge in [-0.05, 0) is 62.4 Å². The Bertz CT molecular complexity index is 684. The summed E-state index contributed by atoms with van der Waals surface area (Å²) in [5, 5.41) is 15.4. The summed E-state index contributed by atoms with van der Waals surface area (Å²) >= 11 is 0. The summed E-state index contributed by atoms with van der Waals surface area (Å²) in [5.74, 6) is 0.746. The Labute approximate surface area is 145 Å². The molecule has 1 aromatic heterocycles. The largest absolute Gasteiger partial charge is 0.388 e. The van der Waals surface area contributed by atoms with E-state index < -0.39 is 6.10 Å². The molecule has 24 heavy (non-hydrogen) atoms. The van der Waals surface area contributed by atoms with Crippen LogP contribution in [0, 0.1) is 5.92 Å². The molecule has 0 radical (unpaired) electrons. The fourth-order valence-corrected chi connectivity index (χ4v) is 3.58. The summed E-state index contributed by atoms with van der Waals surface area (Å²) in [6, 6.07) is 10.3. The quantitative estimate of drug-likeness (QED) is 0.878. The second-order valence-corrected chi connectivity index (χ2v) is 8.15. The van der Waals surface area contributed by atoms with Gasteiger partial charge in [0.1, 0.15) is 0 Å². The van der Waals surface area contributed by atoms with Crippen LogP contribution in [0.5, 0.6) is 0 Å². The number of fused-ring (bicyclic) bond motifs is 1. The number of aliphatic hydroxyl groups excluding tert-OH is 1. The molecule has 0 saturated carbocycles. The van der Waals surface area contributed by atoms with Crippen molar-refractivity contribution in [3.63, 3.8) is 0 Å². The molecule has 0 bridgehead atoms. The molecule has 1 aliphatic rings. The van der Waals surface area contributed by atoms with Gasteiger partial charge in [0.05, 0.1) is 11.6 Å². The van der Waals surface area contributed by atoms with E-state index in [-0.39, 0.29) is 5.41 Å². The summed E-state index contributed by atoms with van der Waals surface area (Å²) in [4.78, 5) is 4.82. The molecule has 2 N–H and O–H groups in total. The van der Waals surface area contributed by atoms with Crippen LogP contribution >= 0.6 is 0 Å². The maximum absolute atomic E-state index is 10.9. The molecule has 1 fully saturated rings. The van der Waals surface area contributed by atoms with Crippen molar-refractivity contribution in [1.82, 2.24) is 10.3 Å². The van der Waals surface area contributed by atoms with Crippen LogP contribution in [-0.2, 0) is 5.41 Å². The lowest BCUT2D eigenvalue weighted by atomic mass is 9.87. The van der Waals surface area contributed by atoms with Crippen molar-refractivity contribution in [2.45, 2.75) is 58.0 Å². The van der Waals surface area contributed by atoms with Crippen LogP contribution in [0.4, 0.5) is 0 Å². The number of aliphatic hydroxyl groups is 1. The minimum atomic E-state index is -0.408. The van der Waals surface area contributed by atoms with Crippen molar-refractivity contribution >= 4 is 10.9 Å². The van der Waals surface area contributed by atoms with E-state index in [4.69, 9.17) is 4.98 Å². The fraction of sp³-hybridized carbons (Fsp3) is 0.571. The molecular weight excluding hydrogens is 296 g/mol. The monoisotopic (exact) mass is 326 g/mol. The summed E-state index contributed by atoms with van der Waals surface area (Å²) in [6.07, 6.45) is 4.00. The zero-order valence-corrected chi connectivity index (χ0v) is 15.2. The molecular formula is C21H30N2O. The van der Waals surface area contributed by atoms with Crippen molar-refractivity contribution in [2.75, 3.05) is 13.1 Å². The molecule has 0 amide bonds. The third-order valence-electron chi connectivity index (χ3n) is 5.18. The maximum atomic E-state index is 10.9. The highest BCUT2D eigenvalue weighted by Gasteiger charge is 2.21. The van der Waals surface area contributed by atoms with Crippen molar-refractivity contribution in [3.8, 4) is 0 Å². The van der Waals surface area contributed by atoms with E-state index in [1.54, 1.807) is 0 Å². The fourth-order valence-electron chi connectivity index (χ4n) is 3.58. The molecule has 1 saturated heterocycles. The first-order valence-corrected chi connectivity index (χ1v) is 9.24. The second kappa shape index (κ2) is 7.20. The number of nitrogens with one attached hydrogen (secondary N) is 1. The van der Waals surface area contributed by atoms with Gasteiger partial charge in [-0.3, -0.25) is 4.98 Å². The molecule has 3 nitrogen and oxygen atoms in total. The first kappa shape index (κ1) is 17.4. The Hall–Kier alpha value is -1.45. The first-order chi connectivity index (χ1) is 11.4. The highest BCUT2D eigenvalue weighted by atomic mass is 16.3. The van der Waals surface area contributed by atoms with Gasteiger partial charge in [-0.25, -0.2) is 0 Å². The second-order valence-electron chi connectivity index (χ2n) is 8.15. The lowest BCUT2D eigenvalue weighted by Crippen LogP contribution is -2.27. The highest BCUT2D eigenvalue weighted by Crippen LogP contribution is 2.32. The number of nitrogens with zero attached hydrogens (tertiary/aromatic N) is 1. The van der Waals surface area contributed by atoms with Gasteiger partial charge in [0.15, 0.2) is 0 Å². The van der Waals surface area contributed by atoms with Crippen molar-refractivity contribution in [1.29, 1.82) is 0 Å². The zero-order chi connectivity index (χ0) is 17.2. The van der Waals surface area contributed by atoms with E-state index in [0.29, 0.717) is 0 Å². The topological polar surface area (TPSA) is 45.1 Å². The maximum Gasteiger partial charge on any atom is 0.0797 e. The Morgan fingerprint density at radius 2 is 1.92 bits per heavy atom. The number of aromatic nitrogens is 1. The van der Waals surface area contributed by atoms with Crippen LogP contribution in [-0.4, -0.2) is 23.2 Å². The van der Waals surface area contributed by atoms with E-state index in [0.717, 1.165) is 54.0 Å². The Kier molecular flexibility index (Phi) is 5.21. The molecule has 2 heterocycles. The van der Waals surface area contributed by atoms with Gasteiger partial charge in [-0.1, -0.05) is 39.0 Å².